The minimum absolute atomic E-state index is 0.278. The highest BCUT2D eigenvalue weighted by Crippen LogP contribution is 2.20. The molecule has 2 fully saturated rings. The lowest BCUT2D eigenvalue weighted by Gasteiger charge is -2.46. The van der Waals surface area contributed by atoms with Gasteiger partial charge in [0.25, 0.3) is 0 Å². The molecule has 6 nitrogen and oxygen atoms in total. The molecule has 150 valence electrons. The van der Waals surface area contributed by atoms with Crippen molar-refractivity contribution >= 4 is 6.09 Å². The average Bonchev–Trinajstić information content (AvgIpc) is 2.57. The minimum Gasteiger partial charge on any atom is -0.444 e. The molecule has 0 spiro atoms. The van der Waals surface area contributed by atoms with Crippen molar-refractivity contribution in [1.82, 2.24) is 15.1 Å². The number of hydrogen-bond acceptors (Lipinski definition) is 5. The van der Waals surface area contributed by atoms with E-state index in [2.05, 4.69) is 45.4 Å². The van der Waals surface area contributed by atoms with E-state index in [0.717, 1.165) is 45.7 Å². The first-order valence-corrected chi connectivity index (χ1v) is 9.98. The third-order valence-corrected chi connectivity index (χ3v) is 4.80. The Hall–Kier alpha value is -1.63. The van der Waals surface area contributed by atoms with E-state index in [0.29, 0.717) is 6.54 Å². The summed E-state index contributed by atoms with van der Waals surface area (Å²) < 4.78 is 11.4. The van der Waals surface area contributed by atoms with E-state index < -0.39 is 5.60 Å². The standard InChI is InChI=1S/C21H33N3O3/c1-21(2,3)27-20(25)22-10-7-11-23-13-18-15-24(16-19(14-23)26-18)12-17-8-5-4-6-9-17/h4-6,8-9,18-19H,7,10-16H2,1-3H3,(H,22,25). The quantitative estimate of drug-likeness (QED) is 0.774. The molecule has 1 N–H and O–H groups in total. The topological polar surface area (TPSA) is 54.0 Å². The molecule has 6 heteroatoms. The molecule has 27 heavy (non-hydrogen) atoms. The van der Waals surface area contributed by atoms with Crippen LogP contribution >= 0.6 is 0 Å². The maximum Gasteiger partial charge on any atom is 0.407 e. The molecule has 2 aliphatic heterocycles. The first-order chi connectivity index (χ1) is 12.9. The van der Waals surface area contributed by atoms with Gasteiger partial charge >= 0.3 is 6.09 Å². The third-order valence-electron chi connectivity index (χ3n) is 4.80. The summed E-state index contributed by atoms with van der Waals surface area (Å²) in [5.41, 5.74) is 0.916. The number of morpholine rings is 2. The van der Waals surface area contributed by atoms with Crippen molar-refractivity contribution in [1.29, 1.82) is 0 Å². The fourth-order valence-electron chi connectivity index (χ4n) is 3.82. The summed E-state index contributed by atoms with van der Waals surface area (Å²) in [7, 11) is 0. The normalized spacial score (nSPS) is 23.8. The molecular formula is C21H33N3O3. The van der Waals surface area contributed by atoms with Crippen LogP contribution in [0, 0.1) is 0 Å². The summed E-state index contributed by atoms with van der Waals surface area (Å²) in [5, 5.41) is 2.84. The van der Waals surface area contributed by atoms with Crippen LogP contribution in [0.15, 0.2) is 30.3 Å². The summed E-state index contributed by atoms with van der Waals surface area (Å²) in [6.07, 6.45) is 1.14. The van der Waals surface area contributed by atoms with Gasteiger partial charge < -0.3 is 14.8 Å². The van der Waals surface area contributed by atoms with Gasteiger partial charge in [0.05, 0.1) is 12.2 Å². The van der Waals surface area contributed by atoms with Crippen molar-refractivity contribution in [3.63, 3.8) is 0 Å². The maximum absolute atomic E-state index is 11.7. The highest BCUT2D eigenvalue weighted by atomic mass is 16.6. The molecule has 1 amide bonds. The molecule has 3 rings (SSSR count). The van der Waals surface area contributed by atoms with Crippen molar-refractivity contribution in [3.8, 4) is 0 Å². The predicted octanol–water partition coefficient (Wildman–Crippen LogP) is 2.49. The lowest BCUT2D eigenvalue weighted by Crippen LogP contribution is -2.59. The number of rotatable bonds is 6. The number of ether oxygens (including phenoxy) is 2. The van der Waals surface area contributed by atoms with Crippen molar-refractivity contribution < 1.29 is 14.3 Å². The van der Waals surface area contributed by atoms with Gasteiger partial charge in [0, 0.05) is 45.8 Å². The average molecular weight is 376 g/mol. The number of amides is 1. The number of benzene rings is 1. The zero-order chi connectivity index (χ0) is 19.3. The van der Waals surface area contributed by atoms with E-state index in [1.54, 1.807) is 0 Å². The van der Waals surface area contributed by atoms with Crippen LogP contribution in [0.3, 0.4) is 0 Å². The van der Waals surface area contributed by atoms with Crippen LogP contribution < -0.4 is 5.32 Å². The Kier molecular flexibility index (Phi) is 6.73. The van der Waals surface area contributed by atoms with E-state index in [4.69, 9.17) is 9.47 Å². The Morgan fingerprint density at radius 3 is 2.37 bits per heavy atom. The van der Waals surface area contributed by atoms with Crippen LogP contribution in [0.1, 0.15) is 32.8 Å². The largest absolute Gasteiger partial charge is 0.444 e. The van der Waals surface area contributed by atoms with E-state index in [1.165, 1.54) is 5.56 Å². The molecule has 2 heterocycles. The number of carbonyl (C=O) groups is 1. The van der Waals surface area contributed by atoms with Gasteiger partial charge in [-0.15, -0.1) is 0 Å². The lowest BCUT2D eigenvalue weighted by atomic mass is 10.1. The number of nitrogens with zero attached hydrogens (tertiary/aromatic N) is 2. The maximum atomic E-state index is 11.7. The summed E-state index contributed by atoms with van der Waals surface area (Å²) in [4.78, 5) is 16.7. The van der Waals surface area contributed by atoms with Gasteiger partial charge in [0.15, 0.2) is 0 Å². The predicted molar refractivity (Wildman–Crippen MR) is 106 cm³/mol. The summed E-state index contributed by atoms with van der Waals surface area (Å²) >= 11 is 0. The van der Waals surface area contributed by atoms with Gasteiger partial charge in [-0.3, -0.25) is 9.80 Å². The van der Waals surface area contributed by atoms with Gasteiger partial charge in [-0.1, -0.05) is 30.3 Å². The highest BCUT2D eigenvalue weighted by Gasteiger charge is 2.34. The van der Waals surface area contributed by atoms with Crippen LogP contribution in [0.25, 0.3) is 0 Å². The van der Waals surface area contributed by atoms with Gasteiger partial charge in [-0.2, -0.15) is 0 Å². The monoisotopic (exact) mass is 375 g/mol. The molecular weight excluding hydrogens is 342 g/mol. The number of fused-ring (bicyclic) bond motifs is 2. The Bertz CT molecular complexity index is 588. The summed E-state index contributed by atoms with van der Waals surface area (Å²) in [6, 6.07) is 10.6. The van der Waals surface area contributed by atoms with Gasteiger partial charge in [0.1, 0.15) is 5.60 Å². The van der Waals surface area contributed by atoms with E-state index in [1.807, 2.05) is 20.8 Å². The van der Waals surface area contributed by atoms with E-state index in [-0.39, 0.29) is 18.3 Å². The molecule has 2 aliphatic rings. The zero-order valence-corrected chi connectivity index (χ0v) is 16.8. The number of hydrogen-bond donors (Lipinski definition) is 1. The van der Waals surface area contributed by atoms with Crippen LogP contribution in [-0.2, 0) is 16.0 Å². The van der Waals surface area contributed by atoms with Crippen molar-refractivity contribution in [3.05, 3.63) is 35.9 Å². The molecule has 2 unspecified atom stereocenters. The SMILES string of the molecule is CC(C)(C)OC(=O)NCCCN1CC2CN(Cc3ccccc3)CC(C1)O2. The van der Waals surface area contributed by atoms with Crippen LogP contribution in [-0.4, -0.2) is 73.0 Å². The second kappa shape index (κ2) is 9.04. The molecule has 0 saturated carbocycles. The second-order valence-electron chi connectivity index (χ2n) is 8.60. The highest BCUT2D eigenvalue weighted by molar-refractivity contribution is 5.67. The number of carbonyl (C=O) groups excluding carboxylic acids is 1. The van der Waals surface area contributed by atoms with Crippen molar-refractivity contribution in [2.75, 3.05) is 39.3 Å². The second-order valence-corrected chi connectivity index (χ2v) is 8.60. The lowest BCUT2D eigenvalue weighted by molar-refractivity contribution is -0.140. The number of alkyl carbamates (subject to hydrolysis) is 1. The van der Waals surface area contributed by atoms with Crippen molar-refractivity contribution in [2.45, 2.75) is 51.5 Å². The Morgan fingerprint density at radius 2 is 1.74 bits per heavy atom. The fourth-order valence-corrected chi connectivity index (χ4v) is 3.82. The Balaban J connectivity index is 1.36. The third kappa shape index (κ3) is 6.79. The molecule has 2 atom stereocenters. The number of nitrogens with one attached hydrogen (secondary N) is 1. The zero-order valence-electron chi connectivity index (χ0n) is 16.8. The Labute approximate surface area is 162 Å². The molecule has 0 aliphatic carbocycles. The van der Waals surface area contributed by atoms with E-state index in [9.17, 15) is 4.79 Å². The molecule has 0 radical (unpaired) electrons. The molecule has 2 bridgehead atoms. The van der Waals surface area contributed by atoms with Gasteiger partial charge in [-0.25, -0.2) is 4.79 Å². The van der Waals surface area contributed by atoms with Crippen LogP contribution in [0.2, 0.25) is 0 Å². The van der Waals surface area contributed by atoms with Gasteiger partial charge in [-0.05, 0) is 32.8 Å². The van der Waals surface area contributed by atoms with Gasteiger partial charge in [0.2, 0.25) is 0 Å². The smallest absolute Gasteiger partial charge is 0.407 e. The minimum atomic E-state index is -0.447. The Morgan fingerprint density at radius 1 is 1.11 bits per heavy atom. The van der Waals surface area contributed by atoms with E-state index >= 15 is 0 Å². The molecule has 1 aromatic rings. The van der Waals surface area contributed by atoms with Crippen LogP contribution in [0.4, 0.5) is 4.79 Å². The molecule has 0 aromatic heterocycles. The fraction of sp³-hybridized carbons (Fsp3) is 0.667. The molecule has 2 saturated heterocycles. The summed E-state index contributed by atoms with van der Waals surface area (Å²) in [6.45, 7) is 12.1. The first kappa shape index (κ1) is 20.1. The first-order valence-electron chi connectivity index (χ1n) is 9.98. The summed E-state index contributed by atoms with van der Waals surface area (Å²) in [5.74, 6) is 0. The molecule has 1 aromatic carbocycles. The van der Waals surface area contributed by atoms with Crippen LogP contribution in [0.5, 0.6) is 0 Å². The van der Waals surface area contributed by atoms with Crippen molar-refractivity contribution in [2.24, 2.45) is 0 Å².